The Labute approximate surface area is 339 Å². The van der Waals surface area contributed by atoms with E-state index in [1.165, 1.54) is 6.92 Å². The van der Waals surface area contributed by atoms with E-state index in [4.69, 9.17) is 30.4 Å². The van der Waals surface area contributed by atoms with Crippen molar-refractivity contribution in [2.24, 2.45) is 11.5 Å². The Kier molecular flexibility index (Phi) is 23.7. The second-order valence-corrected chi connectivity index (χ2v) is 15.0. The highest BCUT2D eigenvalue weighted by atomic mass is 16.7. The maximum atomic E-state index is 13.3. The van der Waals surface area contributed by atoms with Gasteiger partial charge < -0.3 is 82.3 Å². The van der Waals surface area contributed by atoms with Crippen LogP contribution in [0.25, 0.3) is 0 Å². The Balaban J connectivity index is 1.80. The molecule has 2 aliphatic rings. The predicted octanol–water partition coefficient (Wildman–Crippen LogP) is -3.61. The number of carbonyl (C=O) groups is 5. The van der Waals surface area contributed by atoms with Crippen LogP contribution in [0.3, 0.4) is 0 Å². The highest BCUT2D eigenvalue weighted by Gasteiger charge is 2.43. The van der Waals surface area contributed by atoms with Gasteiger partial charge in [-0.2, -0.15) is 0 Å². The van der Waals surface area contributed by atoms with Gasteiger partial charge in [-0.15, -0.1) is 0 Å². The summed E-state index contributed by atoms with van der Waals surface area (Å²) in [6.07, 6.45) is -6.70. The van der Waals surface area contributed by atoms with E-state index < -0.39 is 103 Å². The van der Waals surface area contributed by atoms with Crippen molar-refractivity contribution in [3.05, 3.63) is 0 Å². The Hall–Kier alpha value is -3.09. The molecule has 0 aromatic heterocycles. The van der Waals surface area contributed by atoms with E-state index in [-0.39, 0.29) is 51.3 Å². The molecule has 2 heterocycles. The van der Waals surface area contributed by atoms with Crippen molar-refractivity contribution in [3.63, 3.8) is 0 Å². The SMILES string of the molecule is C[C@@H]1O[C@H](OCCCCCCNC(=O)CC[C@H](NC(=O)[C@H](CCC(N)=O)NC(=O)[C@@H](C)N)C(=O)NCCCCCCO[C@H]2O[C@@H](C)[C@@H](O)[C@@H](O)[C@@H]2O)[C@@H](O)[C@H](O)[C@@H]1O. The molecule has 0 unspecified atom stereocenters. The first-order chi connectivity index (χ1) is 27.4. The Morgan fingerprint density at radius 2 is 1.02 bits per heavy atom. The fraction of sp³-hybridized carbons (Fsp3) is 0.865. The molecular formula is C37H68N6O15. The van der Waals surface area contributed by atoms with E-state index in [0.29, 0.717) is 45.1 Å². The highest BCUT2D eigenvalue weighted by molar-refractivity contribution is 5.93. The number of nitrogens with one attached hydrogen (secondary N) is 4. The summed E-state index contributed by atoms with van der Waals surface area (Å²) in [5, 5.41) is 70.2. The van der Waals surface area contributed by atoms with Gasteiger partial charge in [-0.25, -0.2) is 0 Å². The summed E-state index contributed by atoms with van der Waals surface area (Å²) in [5.41, 5.74) is 10.9. The van der Waals surface area contributed by atoms with Crippen LogP contribution < -0.4 is 32.7 Å². The summed E-state index contributed by atoms with van der Waals surface area (Å²) in [6, 6.07) is -3.33. The summed E-state index contributed by atoms with van der Waals surface area (Å²) >= 11 is 0. The molecule has 0 aromatic rings. The zero-order valence-corrected chi connectivity index (χ0v) is 33.8. The molecule has 2 rings (SSSR count). The average molecular weight is 837 g/mol. The minimum Gasteiger partial charge on any atom is -0.388 e. The summed E-state index contributed by atoms with van der Waals surface area (Å²) in [6.45, 7) is 5.65. The Morgan fingerprint density at radius 1 is 0.586 bits per heavy atom. The first-order valence-electron chi connectivity index (χ1n) is 20.3. The summed E-state index contributed by atoms with van der Waals surface area (Å²) in [5.74, 6) is -3.00. The minimum absolute atomic E-state index is 0.0687. The topological polar surface area (TPSA) is 344 Å². The van der Waals surface area contributed by atoms with E-state index in [1.807, 2.05) is 0 Å². The highest BCUT2D eigenvalue weighted by Crippen LogP contribution is 2.23. The van der Waals surface area contributed by atoms with Gasteiger partial charge in [-0.1, -0.05) is 25.7 Å². The molecule has 2 saturated heterocycles. The van der Waals surface area contributed by atoms with Gasteiger partial charge in [-0.3, -0.25) is 24.0 Å². The van der Waals surface area contributed by atoms with Crippen molar-refractivity contribution < 1.29 is 73.6 Å². The molecule has 0 radical (unpaired) electrons. The lowest BCUT2D eigenvalue weighted by Crippen LogP contribution is -2.57. The standard InChI is InChI=1S/C37H68N6O15/c1-20(38)33(52)42-24(12-14-25(39)44)35(54)43-23(34(53)41-17-9-5-7-11-19-56-37-32(51)30(49)28(47)22(3)58-37)13-15-26(45)40-16-8-4-6-10-18-55-36-31(50)29(48)27(46)21(2)57-36/h20-24,27-32,36-37,46-51H,4-19,38H2,1-3H3,(H2,39,44)(H,40,45)(H,41,53)(H,42,52)(H,43,54)/t20-,21+,22+,23+,24+,27-,28-,29-,30-,31+,32+,36+,37+/m1/s1. The molecule has 2 fully saturated rings. The third-order valence-corrected chi connectivity index (χ3v) is 9.96. The zero-order valence-electron chi connectivity index (χ0n) is 33.8. The van der Waals surface area contributed by atoms with E-state index >= 15 is 0 Å². The van der Waals surface area contributed by atoms with Gasteiger partial charge in [0, 0.05) is 39.1 Å². The molecule has 13 atom stereocenters. The van der Waals surface area contributed by atoms with Crippen molar-refractivity contribution in [1.29, 1.82) is 0 Å². The third-order valence-electron chi connectivity index (χ3n) is 9.96. The van der Waals surface area contributed by atoms with E-state index in [1.54, 1.807) is 13.8 Å². The van der Waals surface area contributed by atoms with Gasteiger partial charge in [0.1, 0.15) is 48.7 Å². The third kappa shape index (κ3) is 18.0. The molecule has 0 spiro atoms. The number of aliphatic hydroxyl groups is 6. The van der Waals surface area contributed by atoms with Crippen LogP contribution >= 0.6 is 0 Å². The second kappa shape index (κ2) is 26.9. The zero-order chi connectivity index (χ0) is 43.4. The van der Waals surface area contributed by atoms with Gasteiger partial charge >= 0.3 is 0 Å². The molecule has 14 N–H and O–H groups in total. The van der Waals surface area contributed by atoms with Crippen LogP contribution in [0.5, 0.6) is 0 Å². The molecule has 0 aromatic carbocycles. The van der Waals surface area contributed by atoms with Crippen LogP contribution in [0, 0.1) is 0 Å². The van der Waals surface area contributed by atoms with Crippen molar-refractivity contribution >= 4 is 29.5 Å². The van der Waals surface area contributed by atoms with Gasteiger partial charge in [0.05, 0.1) is 18.2 Å². The predicted molar refractivity (Wildman–Crippen MR) is 205 cm³/mol. The fourth-order valence-corrected chi connectivity index (χ4v) is 6.19. The lowest BCUT2D eigenvalue weighted by atomic mass is 10.0. The van der Waals surface area contributed by atoms with Crippen LogP contribution in [0.4, 0.5) is 0 Å². The van der Waals surface area contributed by atoms with Crippen molar-refractivity contribution in [2.45, 2.75) is 177 Å². The average Bonchev–Trinajstić information content (AvgIpc) is 3.18. The summed E-state index contributed by atoms with van der Waals surface area (Å²) < 4.78 is 21.9. The molecule has 2 aliphatic heterocycles. The van der Waals surface area contributed by atoms with E-state index in [0.717, 1.165) is 12.8 Å². The molecule has 21 heteroatoms. The second-order valence-electron chi connectivity index (χ2n) is 15.0. The van der Waals surface area contributed by atoms with Gasteiger partial charge in [0.15, 0.2) is 12.6 Å². The van der Waals surface area contributed by atoms with Crippen LogP contribution in [0.2, 0.25) is 0 Å². The first-order valence-corrected chi connectivity index (χ1v) is 20.3. The van der Waals surface area contributed by atoms with Gasteiger partial charge in [-0.05, 0) is 59.3 Å². The molecule has 5 amide bonds. The molecule has 58 heavy (non-hydrogen) atoms. The number of primary amides is 1. The fourth-order valence-electron chi connectivity index (χ4n) is 6.19. The molecular weight excluding hydrogens is 768 g/mol. The smallest absolute Gasteiger partial charge is 0.243 e. The Bertz CT molecular complexity index is 1270. The number of unbranched alkanes of at least 4 members (excludes halogenated alkanes) is 6. The number of ether oxygens (including phenoxy) is 4. The summed E-state index contributed by atoms with van der Waals surface area (Å²) in [7, 11) is 0. The number of hydrogen-bond acceptors (Lipinski definition) is 16. The number of hydrogen-bond donors (Lipinski definition) is 12. The molecule has 0 aliphatic carbocycles. The van der Waals surface area contributed by atoms with Crippen LogP contribution in [-0.2, 0) is 42.9 Å². The van der Waals surface area contributed by atoms with Crippen molar-refractivity contribution in [2.75, 3.05) is 26.3 Å². The Morgan fingerprint density at radius 3 is 1.50 bits per heavy atom. The van der Waals surface area contributed by atoms with Gasteiger partial charge in [0.25, 0.3) is 0 Å². The van der Waals surface area contributed by atoms with E-state index in [2.05, 4.69) is 21.3 Å². The minimum atomic E-state index is -1.39. The van der Waals surface area contributed by atoms with Crippen molar-refractivity contribution in [1.82, 2.24) is 21.3 Å². The van der Waals surface area contributed by atoms with Crippen LogP contribution in [0.15, 0.2) is 0 Å². The summed E-state index contributed by atoms with van der Waals surface area (Å²) in [4.78, 5) is 63.1. The normalized spacial score (nSPS) is 28.8. The lowest BCUT2D eigenvalue weighted by molar-refractivity contribution is -0.293. The van der Waals surface area contributed by atoms with Gasteiger partial charge in [0.2, 0.25) is 29.5 Å². The molecule has 21 nitrogen and oxygen atoms in total. The largest absolute Gasteiger partial charge is 0.388 e. The monoisotopic (exact) mass is 836 g/mol. The van der Waals surface area contributed by atoms with E-state index in [9.17, 15) is 54.6 Å². The number of carbonyl (C=O) groups excluding carboxylic acids is 5. The number of nitrogens with two attached hydrogens (primary N) is 2. The van der Waals surface area contributed by atoms with Crippen LogP contribution in [0.1, 0.15) is 97.8 Å². The maximum absolute atomic E-state index is 13.3. The first kappa shape index (κ1) is 51.1. The molecule has 336 valence electrons. The maximum Gasteiger partial charge on any atom is 0.243 e. The number of aliphatic hydroxyl groups excluding tert-OH is 6. The van der Waals surface area contributed by atoms with Crippen molar-refractivity contribution in [3.8, 4) is 0 Å². The number of rotatable bonds is 27. The van der Waals surface area contributed by atoms with Crippen LogP contribution in [-0.4, -0.2) is 166 Å². The molecule has 0 bridgehead atoms. The lowest BCUT2D eigenvalue weighted by Gasteiger charge is -2.38. The number of amides is 5. The quantitative estimate of drug-likeness (QED) is 0.0356. The molecule has 0 saturated carbocycles.